The van der Waals surface area contributed by atoms with E-state index in [1.165, 1.54) is 10.4 Å². The molecule has 2 aromatic heterocycles. The van der Waals surface area contributed by atoms with Gasteiger partial charge >= 0.3 is 0 Å². The molecule has 0 N–H and O–H groups in total. The van der Waals surface area contributed by atoms with Crippen molar-refractivity contribution in [2.24, 2.45) is 0 Å². The first-order valence-corrected chi connectivity index (χ1v) is 7.56. The van der Waals surface area contributed by atoms with Crippen LogP contribution in [0.1, 0.15) is 33.7 Å². The van der Waals surface area contributed by atoms with E-state index in [2.05, 4.69) is 33.2 Å². The highest BCUT2D eigenvalue weighted by atomic mass is 79.9. The molecule has 1 nitrogen and oxygen atoms in total. The van der Waals surface area contributed by atoms with E-state index in [-0.39, 0.29) is 4.83 Å². The fraction of sp³-hybridized carbons (Fsp3) is 0.308. The first kappa shape index (κ1) is 13.1. The third-order valence-corrected chi connectivity index (χ3v) is 6.20. The zero-order valence-corrected chi connectivity index (χ0v) is 12.8. The summed E-state index contributed by atoms with van der Waals surface area (Å²) in [5.74, 6) is 0.369. The zero-order chi connectivity index (χ0) is 12.4. The largest absolute Gasteiger partial charge is 0.265 e. The third-order valence-electron chi connectivity index (χ3n) is 2.85. The number of nitrogens with zero attached hydrogens (tertiary/aromatic N) is 1. The van der Waals surface area contributed by atoms with Gasteiger partial charge in [-0.1, -0.05) is 34.5 Å². The van der Waals surface area contributed by atoms with Gasteiger partial charge in [0.05, 0.1) is 9.85 Å². The Balaban J connectivity index is 2.26. The van der Waals surface area contributed by atoms with Gasteiger partial charge < -0.3 is 0 Å². The highest BCUT2D eigenvalue weighted by Crippen LogP contribution is 2.44. The van der Waals surface area contributed by atoms with Gasteiger partial charge in [-0.3, -0.25) is 4.98 Å². The molecule has 0 radical (unpaired) electrons. The molecular formula is C13H13BrClNS. The number of alkyl halides is 1. The summed E-state index contributed by atoms with van der Waals surface area (Å²) < 4.78 is 0. The smallest absolute Gasteiger partial charge is 0.0585 e. The fourth-order valence-electron chi connectivity index (χ4n) is 1.70. The molecule has 0 saturated heterocycles. The van der Waals surface area contributed by atoms with Crippen molar-refractivity contribution in [2.75, 3.05) is 0 Å². The summed E-state index contributed by atoms with van der Waals surface area (Å²) in [4.78, 5) is 5.49. The van der Waals surface area contributed by atoms with Crippen LogP contribution in [0.25, 0.3) is 0 Å². The van der Waals surface area contributed by atoms with E-state index in [4.69, 9.17) is 11.6 Å². The molecule has 2 rings (SSSR count). The number of aromatic nitrogens is 1. The van der Waals surface area contributed by atoms with Crippen LogP contribution >= 0.6 is 38.9 Å². The van der Waals surface area contributed by atoms with Crippen molar-refractivity contribution in [3.05, 3.63) is 50.9 Å². The van der Waals surface area contributed by atoms with Crippen molar-refractivity contribution in [3.63, 3.8) is 0 Å². The van der Waals surface area contributed by atoms with Gasteiger partial charge in [-0.25, -0.2) is 0 Å². The van der Waals surface area contributed by atoms with E-state index in [0.29, 0.717) is 5.92 Å². The monoisotopic (exact) mass is 329 g/mol. The molecule has 0 aliphatic heterocycles. The van der Waals surface area contributed by atoms with Crippen molar-refractivity contribution in [3.8, 4) is 0 Å². The average Bonchev–Trinajstić information content (AvgIpc) is 2.69. The summed E-state index contributed by atoms with van der Waals surface area (Å²) in [5, 5.41) is 2.99. The van der Waals surface area contributed by atoms with Crippen LogP contribution in [0.15, 0.2) is 29.9 Å². The Morgan fingerprint density at radius 3 is 2.53 bits per heavy atom. The number of hydrogen-bond donors (Lipinski definition) is 0. The van der Waals surface area contributed by atoms with Gasteiger partial charge in [-0.15, -0.1) is 11.3 Å². The predicted molar refractivity (Wildman–Crippen MR) is 78.4 cm³/mol. The van der Waals surface area contributed by atoms with Crippen LogP contribution in [0.5, 0.6) is 0 Å². The van der Waals surface area contributed by atoms with Gasteiger partial charge in [-0.05, 0) is 41.5 Å². The summed E-state index contributed by atoms with van der Waals surface area (Å²) in [6, 6.07) is 4.10. The van der Waals surface area contributed by atoms with E-state index >= 15 is 0 Å². The van der Waals surface area contributed by atoms with Crippen molar-refractivity contribution in [2.45, 2.75) is 24.6 Å². The van der Waals surface area contributed by atoms with Crippen LogP contribution < -0.4 is 0 Å². The van der Waals surface area contributed by atoms with Gasteiger partial charge in [0, 0.05) is 17.3 Å². The molecule has 2 heterocycles. The van der Waals surface area contributed by atoms with E-state index in [1.54, 1.807) is 11.3 Å². The molecule has 0 spiro atoms. The maximum atomic E-state index is 6.30. The Bertz CT molecular complexity index is 497. The van der Waals surface area contributed by atoms with Crippen molar-refractivity contribution in [1.29, 1.82) is 0 Å². The zero-order valence-electron chi connectivity index (χ0n) is 9.65. The quantitative estimate of drug-likeness (QED) is 0.692. The van der Waals surface area contributed by atoms with Gasteiger partial charge in [-0.2, -0.15) is 0 Å². The molecule has 2 atom stereocenters. The summed E-state index contributed by atoms with van der Waals surface area (Å²) in [6.45, 7) is 4.24. The standard InChI is InChI=1S/C13H13BrClNS/c1-8-7-17-13(12(8)15)11(14)9(2)10-3-5-16-6-4-10/h3-7,9,11H,1-2H3. The minimum absolute atomic E-state index is 0.246. The number of halogens is 2. The second kappa shape index (κ2) is 5.51. The van der Waals surface area contributed by atoms with Crippen LogP contribution in [0.4, 0.5) is 0 Å². The van der Waals surface area contributed by atoms with Gasteiger partial charge in [0.15, 0.2) is 0 Å². The molecule has 0 aromatic carbocycles. The lowest BCUT2D eigenvalue weighted by Crippen LogP contribution is -2.01. The number of pyridine rings is 1. The second-order valence-corrected chi connectivity index (χ2v) is 6.34. The Kier molecular flexibility index (Phi) is 4.23. The lowest BCUT2D eigenvalue weighted by Gasteiger charge is -2.18. The van der Waals surface area contributed by atoms with Crippen molar-refractivity contribution >= 4 is 38.9 Å². The van der Waals surface area contributed by atoms with E-state index in [1.807, 2.05) is 31.5 Å². The molecule has 0 saturated carbocycles. The van der Waals surface area contributed by atoms with Crippen molar-refractivity contribution in [1.82, 2.24) is 4.98 Å². The van der Waals surface area contributed by atoms with Crippen LogP contribution in [-0.4, -0.2) is 4.98 Å². The second-order valence-electron chi connectivity index (χ2n) is 4.07. The Morgan fingerprint density at radius 1 is 1.35 bits per heavy atom. The first-order valence-electron chi connectivity index (χ1n) is 5.38. The summed E-state index contributed by atoms with van der Waals surface area (Å²) in [6.07, 6.45) is 3.65. The topological polar surface area (TPSA) is 12.9 Å². The van der Waals surface area contributed by atoms with Crippen LogP contribution in [0, 0.1) is 6.92 Å². The fourth-order valence-corrected chi connectivity index (χ4v) is 4.08. The highest BCUT2D eigenvalue weighted by molar-refractivity contribution is 9.09. The summed E-state index contributed by atoms with van der Waals surface area (Å²) in [5.41, 5.74) is 2.42. The van der Waals surface area contributed by atoms with E-state index < -0.39 is 0 Å². The molecule has 0 bridgehead atoms. The normalized spacial score (nSPS) is 14.6. The molecule has 0 fully saturated rings. The maximum absolute atomic E-state index is 6.30. The summed E-state index contributed by atoms with van der Waals surface area (Å²) >= 11 is 11.8. The molecule has 0 amide bonds. The Labute approximate surface area is 119 Å². The molecule has 17 heavy (non-hydrogen) atoms. The minimum Gasteiger partial charge on any atom is -0.265 e. The van der Waals surface area contributed by atoms with Gasteiger partial charge in [0.1, 0.15) is 0 Å². The lowest BCUT2D eigenvalue weighted by atomic mass is 9.98. The summed E-state index contributed by atoms with van der Waals surface area (Å²) in [7, 11) is 0. The molecule has 0 aliphatic rings. The Hall–Kier alpha value is -0.380. The molecule has 90 valence electrons. The number of hydrogen-bond acceptors (Lipinski definition) is 2. The molecular weight excluding hydrogens is 318 g/mol. The lowest BCUT2D eigenvalue weighted by molar-refractivity contribution is 0.759. The number of rotatable bonds is 3. The first-order chi connectivity index (χ1) is 8.11. The van der Waals surface area contributed by atoms with Crippen LogP contribution in [0.2, 0.25) is 5.02 Å². The van der Waals surface area contributed by atoms with Gasteiger partial charge in [0.25, 0.3) is 0 Å². The molecule has 2 aromatic rings. The van der Waals surface area contributed by atoms with Gasteiger partial charge in [0.2, 0.25) is 0 Å². The van der Waals surface area contributed by atoms with Crippen LogP contribution in [0.3, 0.4) is 0 Å². The van der Waals surface area contributed by atoms with Crippen molar-refractivity contribution < 1.29 is 0 Å². The van der Waals surface area contributed by atoms with Crippen LogP contribution in [-0.2, 0) is 0 Å². The minimum atomic E-state index is 0.246. The Morgan fingerprint density at radius 2 is 2.00 bits per heavy atom. The molecule has 4 heteroatoms. The molecule has 0 aliphatic carbocycles. The number of aryl methyl sites for hydroxylation is 1. The highest BCUT2D eigenvalue weighted by Gasteiger charge is 2.22. The molecule has 2 unspecified atom stereocenters. The average molecular weight is 331 g/mol. The van der Waals surface area contributed by atoms with E-state index in [9.17, 15) is 0 Å². The number of thiophene rings is 1. The van der Waals surface area contributed by atoms with E-state index in [0.717, 1.165) is 10.6 Å². The SMILES string of the molecule is Cc1csc(C(Br)C(C)c2ccncc2)c1Cl. The maximum Gasteiger partial charge on any atom is 0.0585 e. The third kappa shape index (κ3) is 2.72. The predicted octanol–water partition coefficient (Wildman–Crippen LogP) is 5.34.